The van der Waals surface area contributed by atoms with Gasteiger partial charge in [-0.2, -0.15) is 0 Å². The van der Waals surface area contributed by atoms with Crippen LogP contribution in [0, 0.1) is 0 Å². The van der Waals surface area contributed by atoms with Crippen molar-refractivity contribution in [2.24, 2.45) is 0 Å². The van der Waals surface area contributed by atoms with E-state index < -0.39 is 0 Å². The molecule has 5 heteroatoms. The third kappa shape index (κ3) is 3.74. The summed E-state index contributed by atoms with van der Waals surface area (Å²) in [6, 6.07) is 4.24. The number of thiophene rings is 1. The fraction of sp³-hybridized carbons (Fsp3) is 0.667. The number of halogens is 1. The van der Waals surface area contributed by atoms with Gasteiger partial charge in [-0.3, -0.25) is 4.79 Å². The van der Waals surface area contributed by atoms with Crippen LogP contribution >= 0.6 is 22.9 Å². The lowest BCUT2D eigenvalue weighted by atomic mass is 10.0. The molecule has 1 aliphatic heterocycles. The van der Waals surface area contributed by atoms with Crippen LogP contribution in [0.4, 0.5) is 0 Å². The second kappa shape index (κ2) is 7.43. The minimum absolute atomic E-state index is 0.0889. The molecule has 0 aliphatic carbocycles. The van der Waals surface area contributed by atoms with E-state index in [2.05, 4.69) is 17.1 Å². The highest BCUT2D eigenvalue weighted by molar-refractivity contribution is 7.16. The number of rotatable bonds is 5. The van der Waals surface area contributed by atoms with E-state index in [-0.39, 0.29) is 11.8 Å². The first-order chi connectivity index (χ1) is 9.63. The summed E-state index contributed by atoms with van der Waals surface area (Å²) < 4.78 is 0.753. The van der Waals surface area contributed by atoms with Crippen LogP contribution in [0.15, 0.2) is 12.1 Å². The van der Waals surface area contributed by atoms with Crippen molar-refractivity contribution in [3.8, 4) is 0 Å². The first kappa shape index (κ1) is 15.8. The molecule has 1 fully saturated rings. The summed E-state index contributed by atoms with van der Waals surface area (Å²) >= 11 is 7.50. The summed E-state index contributed by atoms with van der Waals surface area (Å²) in [5.74, 6) is 0.159. The van der Waals surface area contributed by atoms with Crippen molar-refractivity contribution in [2.45, 2.75) is 45.1 Å². The fourth-order valence-corrected chi connectivity index (χ4v) is 3.87. The third-order valence-corrected chi connectivity index (χ3v) is 5.30. The minimum atomic E-state index is -0.0889. The summed E-state index contributed by atoms with van der Waals surface area (Å²) in [5, 5.41) is 3.36. The zero-order valence-corrected chi connectivity index (χ0v) is 13.8. The first-order valence-corrected chi connectivity index (χ1v) is 8.59. The predicted octanol–water partition coefficient (Wildman–Crippen LogP) is 3.50. The van der Waals surface area contributed by atoms with E-state index in [1.165, 1.54) is 11.3 Å². The Labute approximate surface area is 130 Å². The Balaban J connectivity index is 2.09. The third-order valence-electron chi connectivity index (χ3n) is 3.89. The molecule has 0 radical (unpaired) electrons. The largest absolute Gasteiger partial charge is 0.339 e. The molecular formula is C15H23ClN2OS. The topological polar surface area (TPSA) is 32.3 Å². The maximum Gasteiger partial charge on any atom is 0.230 e. The van der Waals surface area contributed by atoms with Crippen molar-refractivity contribution in [1.29, 1.82) is 0 Å². The van der Waals surface area contributed by atoms with Gasteiger partial charge in [-0.1, -0.05) is 18.5 Å². The number of amides is 1. The highest BCUT2D eigenvalue weighted by atomic mass is 35.5. The summed E-state index contributed by atoms with van der Waals surface area (Å²) in [6.07, 6.45) is 3.13. The maximum absolute atomic E-state index is 12.8. The molecule has 2 rings (SSSR count). The molecule has 0 bridgehead atoms. The number of nitrogens with zero attached hydrogens (tertiary/aromatic N) is 1. The molecular weight excluding hydrogens is 292 g/mol. The number of nitrogens with one attached hydrogen (secondary N) is 1. The van der Waals surface area contributed by atoms with Crippen LogP contribution in [0.25, 0.3) is 0 Å². The number of piperidine rings is 1. The normalized spacial score (nSPS) is 17.9. The second-order valence-corrected chi connectivity index (χ2v) is 7.12. The van der Waals surface area contributed by atoms with Gasteiger partial charge in [-0.15, -0.1) is 11.3 Å². The van der Waals surface area contributed by atoms with E-state index in [0.717, 1.165) is 48.1 Å². The van der Waals surface area contributed by atoms with E-state index >= 15 is 0 Å². The smallest absolute Gasteiger partial charge is 0.230 e. The van der Waals surface area contributed by atoms with Gasteiger partial charge >= 0.3 is 0 Å². The Morgan fingerprint density at radius 3 is 2.75 bits per heavy atom. The fourth-order valence-electron chi connectivity index (χ4n) is 2.76. The minimum Gasteiger partial charge on any atom is -0.339 e. The lowest BCUT2D eigenvalue weighted by molar-refractivity contribution is -0.135. The zero-order chi connectivity index (χ0) is 14.5. The van der Waals surface area contributed by atoms with Crippen LogP contribution in [0.5, 0.6) is 0 Å². The molecule has 1 aromatic rings. The molecule has 1 unspecified atom stereocenters. The lowest BCUT2D eigenvalue weighted by Crippen LogP contribution is -2.47. The van der Waals surface area contributed by atoms with Crippen LogP contribution < -0.4 is 5.32 Å². The van der Waals surface area contributed by atoms with E-state index in [4.69, 9.17) is 11.6 Å². The molecule has 0 spiro atoms. The number of carbonyl (C=O) groups excluding carboxylic acids is 1. The summed E-state index contributed by atoms with van der Waals surface area (Å²) in [7, 11) is 0. The van der Waals surface area contributed by atoms with Gasteiger partial charge in [0.2, 0.25) is 5.91 Å². The van der Waals surface area contributed by atoms with Crippen molar-refractivity contribution >= 4 is 28.8 Å². The van der Waals surface area contributed by atoms with E-state index in [1.807, 2.05) is 19.1 Å². The number of carbonyl (C=O) groups is 1. The lowest BCUT2D eigenvalue weighted by Gasteiger charge is -2.36. The summed E-state index contributed by atoms with van der Waals surface area (Å²) in [5.41, 5.74) is 0. The van der Waals surface area contributed by atoms with Crippen LogP contribution in [-0.2, 0) is 4.79 Å². The van der Waals surface area contributed by atoms with Gasteiger partial charge in [-0.05, 0) is 51.4 Å². The maximum atomic E-state index is 12.8. The zero-order valence-electron chi connectivity index (χ0n) is 12.2. The molecule has 20 heavy (non-hydrogen) atoms. The Bertz CT molecular complexity index is 443. The molecule has 112 valence electrons. The van der Waals surface area contributed by atoms with Crippen LogP contribution in [0.3, 0.4) is 0 Å². The van der Waals surface area contributed by atoms with E-state index in [0.29, 0.717) is 6.04 Å². The van der Waals surface area contributed by atoms with Gasteiger partial charge in [0.15, 0.2) is 0 Å². The predicted molar refractivity (Wildman–Crippen MR) is 85.6 cm³/mol. The van der Waals surface area contributed by atoms with E-state index in [1.54, 1.807) is 0 Å². The van der Waals surface area contributed by atoms with Crippen molar-refractivity contribution < 1.29 is 4.79 Å². The standard InChI is InChI=1S/C15H23ClN2OS/c1-3-10-18(12-6-8-17-9-7-12)15(19)11(2)13-4-5-14(16)20-13/h4-5,11-12,17H,3,6-10H2,1-2H3. The Morgan fingerprint density at radius 2 is 2.20 bits per heavy atom. The number of hydrogen-bond acceptors (Lipinski definition) is 3. The van der Waals surface area contributed by atoms with Gasteiger partial charge in [-0.25, -0.2) is 0 Å². The molecule has 1 amide bonds. The monoisotopic (exact) mass is 314 g/mol. The Morgan fingerprint density at radius 1 is 1.50 bits per heavy atom. The van der Waals surface area contributed by atoms with Crippen LogP contribution in [0.2, 0.25) is 4.34 Å². The molecule has 2 heterocycles. The van der Waals surface area contributed by atoms with E-state index in [9.17, 15) is 4.79 Å². The summed E-state index contributed by atoms with van der Waals surface area (Å²) in [6.45, 7) is 7.00. The molecule has 1 saturated heterocycles. The molecule has 1 N–H and O–H groups in total. The van der Waals surface area contributed by atoms with Crippen molar-refractivity contribution in [2.75, 3.05) is 19.6 Å². The van der Waals surface area contributed by atoms with Gasteiger partial charge in [0.1, 0.15) is 0 Å². The first-order valence-electron chi connectivity index (χ1n) is 7.40. The average Bonchev–Trinajstić information content (AvgIpc) is 2.91. The van der Waals surface area contributed by atoms with Gasteiger partial charge < -0.3 is 10.2 Å². The highest BCUT2D eigenvalue weighted by Gasteiger charge is 2.29. The van der Waals surface area contributed by atoms with Crippen LogP contribution in [-0.4, -0.2) is 36.5 Å². The molecule has 0 saturated carbocycles. The molecule has 3 nitrogen and oxygen atoms in total. The molecule has 1 atom stereocenters. The van der Waals surface area contributed by atoms with Gasteiger partial charge in [0, 0.05) is 17.5 Å². The number of hydrogen-bond donors (Lipinski definition) is 1. The van der Waals surface area contributed by atoms with Crippen molar-refractivity contribution in [3.05, 3.63) is 21.3 Å². The molecule has 0 aromatic carbocycles. The Hall–Kier alpha value is -0.580. The quantitative estimate of drug-likeness (QED) is 0.902. The average molecular weight is 315 g/mol. The van der Waals surface area contributed by atoms with Crippen LogP contribution in [0.1, 0.15) is 43.9 Å². The second-order valence-electron chi connectivity index (χ2n) is 5.38. The van der Waals surface area contributed by atoms with Crippen molar-refractivity contribution in [3.63, 3.8) is 0 Å². The van der Waals surface area contributed by atoms with Crippen molar-refractivity contribution in [1.82, 2.24) is 10.2 Å². The van der Waals surface area contributed by atoms with Gasteiger partial charge in [0.05, 0.1) is 10.3 Å². The van der Waals surface area contributed by atoms with Gasteiger partial charge in [0.25, 0.3) is 0 Å². The molecule has 1 aliphatic rings. The Kier molecular flexibility index (Phi) is 5.87. The highest BCUT2D eigenvalue weighted by Crippen LogP contribution is 2.30. The molecule has 1 aromatic heterocycles. The SMILES string of the molecule is CCCN(C(=O)C(C)c1ccc(Cl)s1)C1CCNCC1. The summed E-state index contributed by atoms with van der Waals surface area (Å²) in [4.78, 5) is 16.0.